The van der Waals surface area contributed by atoms with Gasteiger partial charge < -0.3 is 20.5 Å². The van der Waals surface area contributed by atoms with Crippen molar-refractivity contribution in [1.29, 1.82) is 0 Å². The highest BCUT2D eigenvalue weighted by Gasteiger charge is 2.07. The lowest BCUT2D eigenvalue weighted by Gasteiger charge is -2.10. The highest BCUT2D eigenvalue weighted by atomic mass is 16.2. The number of hydrogen-bond donors (Lipinski definition) is 3. The number of aromatic nitrogens is 2. The first-order valence-electron chi connectivity index (χ1n) is 8.53. The van der Waals surface area contributed by atoms with Gasteiger partial charge in [-0.2, -0.15) is 0 Å². The van der Waals surface area contributed by atoms with Gasteiger partial charge in [-0.1, -0.05) is 18.2 Å². The highest BCUT2D eigenvalue weighted by molar-refractivity contribution is 5.96. The Kier molecular flexibility index (Phi) is 5.51. The fourth-order valence-electron chi connectivity index (χ4n) is 2.53. The Balaban J connectivity index is 1.50. The summed E-state index contributed by atoms with van der Waals surface area (Å²) in [7, 11) is 0. The van der Waals surface area contributed by atoms with E-state index in [4.69, 9.17) is 0 Å². The van der Waals surface area contributed by atoms with Crippen molar-refractivity contribution in [2.75, 3.05) is 17.2 Å². The Bertz CT molecular complexity index is 933. The fraction of sp³-hybridized carbons (Fsp3) is 0.150. The molecular formula is C20H21N5O2. The van der Waals surface area contributed by atoms with Crippen molar-refractivity contribution in [2.24, 2.45) is 0 Å². The monoisotopic (exact) mass is 363 g/mol. The molecule has 0 atom stereocenters. The molecule has 0 aliphatic heterocycles. The Morgan fingerprint density at radius 3 is 2.22 bits per heavy atom. The quantitative estimate of drug-likeness (QED) is 0.650. The molecule has 0 saturated heterocycles. The molecule has 1 aromatic heterocycles. The number of imidazole rings is 1. The zero-order valence-electron chi connectivity index (χ0n) is 15.2. The number of aryl methyl sites for hydroxylation is 1. The molecule has 138 valence electrons. The van der Waals surface area contributed by atoms with Crippen molar-refractivity contribution in [3.8, 4) is 5.69 Å². The SMILES string of the molecule is Cc1ncn(-c2ccc(NC(=O)CNC(=O)Nc3ccccc3)cc2)c1C. The number of benzene rings is 2. The van der Waals surface area contributed by atoms with Crippen LogP contribution in [0.25, 0.3) is 5.69 Å². The van der Waals surface area contributed by atoms with E-state index in [2.05, 4.69) is 20.9 Å². The van der Waals surface area contributed by atoms with E-state index in [0.29, 0.717) is 11.4 Å². The summed E-state index contributed by atoms with van der Waals surface area (Å²) in [5.41, 5.74) is 4.33. The predicted octanol–water partition coefficient (Wildman–Crippen LogP) is 3.25. The van der Waals surface area contributed by atoms with Crippen LogP contribution in [0, 0.1) is 13.8 Å². The molecule has 0 bridgehead atoms. The van der Waals surface area contributed by atoms with Crippen LogP contribution in [0.4, 0.5) is 16.2 Å². The molecule has 2 aromatic carbocycles. The van der Waals surface area contributed by atoms with E-state index in [1.165, 1.54) is 0 Å². The van der Waals surface area contributed by atoms with Gasteiger partial charge in [-0.15, -0.1) is 0 Å². The van der Waals surface area contributed by atoms with Crippen molar-refractivity contribution in [2.45, 2.75) is 13.8 Å². The molecule has 0 fully saturated rings. The molecule has 7 nitrogen and oxygen atoms in total. The molecule has 3 N–H and O–H groups in total. The first-order chi connectivity index (χ1) is 13.0. The average molecular weight is 363 g/mol. The first kappa shape index (κ1) is 18.2. The van der Waals surface area contributed by atoms with Crippen LogP contribution in [0.2, 0.25) is 0 Å². The molecule has 0 aliphatic rings. The molecule has 7 heteroatoms. The molecule has 3 amide bonds. The molecule has 0 unspecified atom stereocenters. The van der Waals surface area contributed by atoms with E-state index in [-0.39, 0.29) is 12.5 Å². The second-order valence-corrected chi connectivity index (χ2v) is 6.05. The molecule has 0 saturated carbocycles. The van der Waals surface area contributed by atoms with E-state index < -0.39 is 6.03 Å². The van der Waals surface area contributed by atoms with Crippen LogP contribution < -0.4 is 16.0 Å². The lowest BCUT2D eigenvalue weighted by molar-refractivity contribution is -0.115. The lowest BCUT2D eigenvalue weighted by atomic mass is 10.2. The Hall–Kier alpha value is -3.61. The number of nitrogens with one attached hydrogen (secondary N) is 3. The van der Waals surface area contributed by atoms with Gasteiger partial charge in [-0.3, -0.25) is 4.79 Å². The van der Waals surface area contributed by atoms with E-state index in [0.717, 1.165) is 17.1 Å². The third kappa shape index (κ3) is 4.72. The third-order valence-corrected chi connectivity index (χ3v) is 4.12. The highest BCUT2D eigenvalue weighted by Crippen LogP contribution is 2.16. The topological polar surface area (TPSA) is 88.1 Å². The van der Waals surface area contributed by atoms with Crippen LogP contribution in [0.1, 0.15) is 11.4 Å². The van der Waals surface area contributed by atoms with Crippen LogP contribution >= 0.6 is 0 Å². The molecule has 3 rings (SSSR count). The normalized spacial score (nSPS) is 10.3. The minimum absolute atomic E-state index is 0.125. The third-order valence-electron chi connectivity index (χ3n) is 4.12. The zero-order chi connectivity index (χ0) is 19.2. The molecule has 0 radical (unpaired) electrons. The zero-order valence-corrected chi connectivity index (χ0v) is 15.2. The van der Waals surface area contributed by atoms with Gasteiger partial charge in [0, 0.05) is 22.8 Å². The van der Waals surface area contributed by atoms with Gasteiger partial charge in [-0.25, -0.2) is 9.78 Å². The summed E-state index contributed by atoms with van der Waals surface area (Å²) in [5, 5.41) is 7.93. The maximum atomic E-state index is 12.0. The van der Waals surface area contributed by atoms with Crippen LogP contribution in [-0.2, 0) is 4.79 Å². The summed E-state index contributed by atoms with van der Waals surface area (Å²) in [6.45, 7) is 3.84. The van der Waals surface area contributed by atoms with Gasteiger partial charge in [0.2, 0.25) is 5.91 Å². The lowest BCUT2D eigenvalue weighted by Crippen LogP contribution is -2.35. The number of nitrogens with zero attached hydrogens (tertiary/aromatic N) is 2. The number of hydrogen-bond acceptors (Lipinski definition) is 3. The Morgan fingerprint density at radius 1 is 0.926 bits per heavy atom. The van der Waals surface area contributed by atoms with Crippen molar-refractivity contribution < 1.29 is 9.59 Å². The minimum atomic E-state index is -0.433. The number of rotatable bonds is 5. The minimum Gasteiger partial charge on any atom is -0.329 e. The van der Waals surface area contributed by atoms with E-state index in [1.54, 1.807) is 18.5 Å². The molecule has 0 aliphatic carbocycles. The maximum Gasteiger partial charge on any atom is 0.319 e. The average Bonchev–Trinajstić information content (AvgIpc) is 3.00. The van der Waals surface area contributed by atoms with E-state index in [1.807, 2.05) is 60.9 Å². The van der Waals surface area contributed by atoms with Gasteiger partial charge in [0.25, 0.3) is 0 Å². The summed E-state index contributed by atoms with van der Waals surface area (Å²) in [6, 6.07) is 16.0. The van der Waals surface area contributed by atoms with Crippen molar-refractivity contribution in [1.82, 2.24) is 14.9 Å². The molecule has 27 heavy (non-hydrogen) atoms. The smallest absolute Gasteiger partial charge is 0.319 e. The fourth-order valence-corrected chi connectivity index (χ4v) is 2.53. The van der Waals surface area contributed by atoms with E-state index in [9.17, 15) is 9.59 Å². The number of urea groups is 1. The predicted molar refractivity (Wildman–Crippen MR) is 105 cm³/mol. The van der Waals surface area contributed by atoms with Crippen LogP contribution in [0.5, 0.6) is 0 Å². The van der Waals surface area contributed by atoms with Crippen molar-refractivity contribution in [3.05, 3.63) is 72.3 Å². The van der Waals surface area contributed by atoms with Gasteiger partial charge in [0.15, 0.2) is 0 Å². The number of carbonyl (C=O) groups is 2. The van der Waals surface area contributed by atoms with E-state index >= 15 is 0 Å². The summed E-state index contributed by atoms with van der Waals surface area (Å²) in [6.07, 6.45) is 1.77. The van der Waals surface area contributed by atoms with Crippen LogP contribution in [0.3, 0.4) is 0 Å². The Morgan fingerprint density at radius 2 is 1.59 bits per heavy atom. The summed E-state index contributed by atoms with van der Waals surface area (Å²) >= 11 is 0. The molecular weight excluding hydrogens is 342 g/mol. The van der Waals surface area contributed by atoms with Crippen molar-refractivity contribution in [3.63, 3.8) is 0 Å². The summed E-state index contributed by atoms with van der Waals surface area (Å²) in [5.74, 6) is -0.305. The van der Waals surface area contributed by atoms with Gasteiger partial charge >= 0.3 is 6.03 Å². The number of amides is 3. The number of anilines is 2. The van der Waals surface area contributed by atoms with Crippen LogP contribution in [-0.4, -0.2) is 28.0 Å². The maximum absolute atomic E-state index is 12.0. The second kappa shape index (κ2) is 8.18. The molecule has 3 aromatic rings. The number of para-hydroxylation sites is 1. The summed E-state index contributed by atoms with van der Waals surface area (Å²) < 4.78 is 1.98. The van der Waals surface area contributed by atoms with Gasteiger partial charge in [0.05, 0.1) is 18.6 Å². The largest absolute Gasteiger partial charge is 0.329 e. The first-order valence-corrected chi connectivity index (χ1v) is 8.53. The molecule has 0 spiro atoms. The van der Waals surface area contributed by atoms with Crippen LogP contribution in [0.15, 0.2) is 60.9 Å². The van der Waals surface area contributed by atoms with Crippen molar-refractivity contribution >= 4 is 23.3 Å². The van der Waals surface area contributed by atoms with Gasteiger partial charge in [0.1, 0.15) is 0 Å². The summed E-state index contributed by atoms with van der Waals surface area (Å²) in [4.78, 5) is 28.1. The Labute approximate surface area is 157 Å². The second-order valence-electron chi connectivity index (χ2n) is 6.05. The standard InChI is InChI=1S/C20H21N5O2/c1-14-15(2)25(13-22-14)18-10-8-17(9-11-18)23-19(26)12-21-20(27)24-16-6-4-3-5-7-16/h3-11,13H,12H2,1-2H3,(H,23,26)(H2,21,24,27). The molecule has 1 heterocycles. The number of carbonyl (C=O) groups excluding carboxylic acids is 2. The van der Waals surface area contributed by atoms with Gasteiger partial charge in [-0.05, 0) is 50.2 Å².